The van der Waals surface area contributed by atoms with Crippen molar-refractivity contribution in [3.05, 3.63) is 95.6 Å². The standard InChI is InChI=1S/C37H39BN2/c1-24-20-27-34-29(21-24)38-28-16-10-11-17-30(28)39(26-14-8-7-9-15-26)31-22-25(35(2,3)4)23-32(33(31)38)40(34)37(6)19-13-12-18-36(27,37)5/h7-11,14-17,20-23H,12-13,18-19H2,1-6H3. The molecule has 2 nitrogen and oxygen atoms in total. The first-order chi connectivity index (χ1) is 19.1. The van der Waals surface area contributed by atoms with Gasteiger partial charge in [0, 0.05) is 33.9 Å². The van der Waals surface area contributed by atoms with Gasteiger partial charge in [-0.3, -0.25) is 0 Å². The van der Waals surface area contributed by atoms with Crippen molar-refractivity contribution in [3.8, 4) is 0 Å². The third-order valence-corrected chi connectivity index (χ3v) is 11.0. The molecule has 1 fully saturated rings. The number of hydrogen-bond acceptors (Lipinski definition) is 2. The zero-order chi connectivity index (χ0) is 27.6. The minimum Gasteiger partial charge on any atom is -0.335 e. The van der Waals surface area contributed by atoms with Crippen LogP contribution in [0.2, 0.25) is 0 Å². The summed E-state index contributed by atoms with van der Waals surface area (Å²) in [6, 6.07) is 30.3. The van der Waals surface area contributed by atoms with Crippen LogP contribution in [0.3, 0.4) is 0 Å². The van der Waals surface area contributed by atoms with Crippen LogP contribution in [0, 0.1) is 6.92 Å². The molecule has 0 spiro atoms. The second-order valence-corrected chi connectivity index (χ2v) is 14.2. The topological polar surface area (TPSA) is 6.48 Å². The van der Waals surface area contributed by atoms with Gasteiger partial charge < -0.3 is 9.80 Å². The molecule has 3 heterocycles. The largest absolute Gasteiger partial charge is 0.335 e. The lowest BCUT2D eigenvalue weighted by Gasteiger charge is -2.53. The van der Waals surface area contributed by atoms with E-state index in [-0.39, 0.29) is 23.1 Å². The van der Waals surface area contributed by atoms with E-state index in [4.69, 9.17) is 0 Å². The second-order valence-electron chi connectivity index (χ2n) is 14.2. The number of para-hydroxylation sites is 2. The molecule has 0 aromatic heterocycles. The number of benzene rings is 4. The SMILES string of the molecule is Cc1cc2c3c(c1)C1(C)CCCCC1(C)N3c1cc(C(C)(C)C)cc3c1B2c1ccccc1N3c1ccccc1. The third-order valence-electron chi connectivity index (χ3n) is 11.0. The van der Waals surface area contributed by atoms with Crippen molar-refractivity contribution in [2.24, 2.45) is 0 Å². The van der Waals surface area contributed by atoms with Crippen LogP contribution in [0.4, 0.5) is 28.4 Å². The first kappa shape index (κ1) is 24.4. The van der Waals surface area contributed by atoms with Crippen molar-refractivity contribution in [1.82, 2.24) is 0 Å². The molecule has 1 aliphatic carbocycles. The Morgan fingerprint density at radius 3 is 2.23 bits per heavy atom. The van der Waals surface area contributed by atoms with E-state index >= 15 is 0 Å². The summed E-state index contributed by atoms with van der Waals surface area (Å²) >= 11 is 0. The first-order valence-corrected chi connectivity index (χ1v) is 15.2. The summed E-state index contributed by atoms with van der Waals surface area (Å²) < 4.78 is 0. The van der Waals surface area contributed by atoms with Gasteiger partial charge in [-0.05, 0) is 90.0 Å². The lowest BCUT2D eigenvalue weighted by Crippen LogP contribution is -2.64. The van der Waals surface area contributed by atoms with E-state index in [2.05, 4.69) is 130 Å². The highest BCUT2D eigenvalue weighted by atomic mass is 15.3. The fourth-order valence-corrected chi connectivity index (χ4v) is 8.73. The van der Waals surface area contributed by atoms with Crippen molar-refractivity contribution in [2.75, 3.05) is 9.80 Å². The van der Waals surface area contributed by atoms with Crippen molar-refractivity contribution in [1.29, 1.82) is 0 Å². The van der Waals surface area contributed by atoms with Crippen LogP contribution in [0.1, 0.15) is 77.0 Å². The molecule has 1 saturated carbocycles. The number of anilines is 5. The highest BCUT2D eigenvalue weighted by Crippen LogP contribution is 2.62. The average molecular weight is 523 g/mol. The van der Waals surface area contributed by atoms with Crippen LogP contribution < -0.4 is 26.2 Å². The van der Waals surface area contributed by atoms with Crippen molar-refractivity contribution in [3.63, 3.8) is 0 Å². The summed E-state index contributed by atoms with van der Waals surface area (Å²) in [5, 5.41) is 0. The molecule has 4 aliphatic rings. The van der Waals surface area contributed by atoms with Gasteiger partial charge in [0.1, 0.15) is 0 Å². The van der Waals surface area contributed by atoms with Gasteiger partial charge in [-0.15, -0.1) is 0 Å². The molecule has 2 unspecified atom stereocenters. The van der Waals surface area contributed by atoms with Gasteiger partial charge in [0.15, 0.2) is 0 Å². The molecule has 0 radical (unpaired) electrons. The first-order valence-electron chi connectivity index (χ1n) is 15.2. The highest BCUT2D eigenvalue weighted by Gasteiger charge is 2.61. The van der Waals surface area contributed by atoms with E-state index < -0.39 is 0 Å². The van der Waals surface area contributed by atoms with Gasteiger partial charge in [-0.2, -0.15) is 0 Å². The Balaban J connectivity index is 1.54. The number of aryl methyl sites for hydroxylation is 1. The highest BCUT2D eigenvalue weighted by molar-refractivity contribution is 7.00. The molecule has 2 atom stereocenters. The van der Waals surface area contributed by atoms with Crippen LogP contribution in [0.25, 0.3) is 0 Å². The molecule has 0 bridgehead atoms. The zero-order valence-electron chi connectivity index (χ0n) is 24.8. The Hall–Kier alpha value is -3.46. The fourth-order valence-electron chi connectivity index (χ4n) is 8.73. The third kappa shape index (κ3) is 2.91. The van der Waals surface area contributed by atoms with Crippen LogP contribution in [-0.2, 0) is 10.8 Å². The molecule has 0 saturated heterocycles. The summed E-state index contributed by atoms with van der Waals surface area (Å²) in [7, 11) is 0. The smallest absolute Gasteiger partial charge is 0.252 e. The molecule has 4 aromatic carbocycles. The van der Waals surface area contributed by atoms with Crippen LogP contribution >= 0.6 is 0 Å². The second kappa shape index (κ2) is 7.84. The molecule has 3 heteroatoms. The van der Waals surface area contributed by atoms with Crippen LogP contribution in [0.5, 0.6) is 0 Å². The number of rotatable bonds is 1. The van der Waals surface area contributed by atoms with Gasteiger partial charge in [-0.25, -0.2) is 0 Å². The maximum atomic E-state index is 2.85. The normalized spacial score (nSPS) is 23.9. The van der Waals surface area contributed by atoms with Crippen molar-refractivity contribution in [2.45, 2.75) is 83.6 Å². The average Bonchev–Trinajstić information content (AvgIpc) is 3.14. The van der Waals surface area contributed by atoms with E-state index in [1.54, 1.807) is 5.56 Å². The maximum absolute atomic E-state index is 2.85. The van der Waals surface area contributed by atoms with Gasteiger partial charge in [-0.1, -0.05) is 94.6 Å². The molecule has 200 valence electrons. The number of nitrogens with zero attached hydrogens (tertiary/aromatic N) is 2. The maximum Gasteiger partial charge on any atom is 0.252 e. The summed E-state index contributed by atoms with van der Waals surface area (Å²) in [4.78, 5) is 5.39. The van der Waals surface area contributed by atoms with E-state index in [9.17, 15) is 0 Å². The molecular weight excluding hydrogens is 483 g/mol. The van der Waals surface area contributed by atoms with Gasteiger partial charge >= 0.3 is 0 Å². The Kier molecular flexibility index (Phi) is 4.77. The molecule has 3 aliphatic heterocycles. The Morgan fingerprint density at radius 1 is 0.750 bits per heavy atom. The van der Waals surface area contributed by atoms with Crippen molar-refractivity contribution >= 4 is 51.5 Å². The molecule has 4 aromatic rings. The Morgan fingerprint density at radius 2 is 1.45 bits per heavy atom. The van der Waals surface area contributed by atoms with E-state index in [1.165, 1.54) is 81.6 Å². The van der Waals surface area contributed by atoms with Gasteiger partial charge in [0.25, 0.3) is 6.71 Å². The summed E-state index contributed by atoms with van der Waals surface area (Å²) in [5.41, 5.74) is 15.8. The van der Waals surface area contributed by atoms with Gasteiger partial charge in [0.2, 0.25) is 0 Å². The van der Waals surface area contributed by atoms with Crippen LogP contribution in [0.15, 0.2) is 78.9 Å². The predicted octanol–water partition coefficient (Wildman–Crippen LogP) is 7.65. The summed E-state index contributed by atoms with van der Waals surface area (Å²) in [5.74, 6) is 0. The molecule has 40 heavy (non-hydrogen) atoms. The Labute approximate surface area is 240 Å². The fraction of sp³-hybridized carbons (Fsp3) is 0.351. The molecule has 0 amide bonds. The molecule has 8 rings (SSSR count). The zero-order valence-corrected chi connectivity index (χ0v) is 24.8. The van der Waals surface area contributed by atoms with E-state index in [0.717, 1.165) is 0 Å². The summed E-state index contributed by atoms with van der Waals surface area (Å²) in [6.07, 6.45) is 5.11. The quantitative estimate of drug-likeness (QED) is 0.209. The predicted molar refractivity (Wildman–Crippen MR) is 172 cm³/mol. The lowest BCUT2D eigenvalue weighted by atomic mass is 9.33. The van der Waals surface area contributed by atoms with Crippen LogP contribution in [-0.4, -0.2) is 12.3 Å². The monoisotopic (exact) mass is 522 g/mol. The van der Waals surface area contributed by atoms with Gasteiger partial charge in [0.05, 0.1) is 5.54 Å². The summed E-state index contributed by atoms with van der Waals surface area (Å²) in [6.45, 7) is 14.8. The number of fused-ring (bicyclic) bond motifs is 7. The molecular formula is C37H39BN2. The Bertz CT molecular complexity index is 1700. The van der Waals surface area contributed by atoms with E-state index in [1.807, 2.05) is 0 Å². The van der Waals surface area contributed by atoms with Crippen molar-refractivity contribution < 1.29 is 0 Å². The minimum atomic E-state index is 0.0350. The number of hydrogen-bond donors (Lipinski definition) is 0. The molecule has 0 N–H and O–H groups in total. The lowest BCUT2D eigenvalue weighted by molar-refractivity contribution is 0.195. The van der Waals surface area contributed by atoms with E-state index in [0.29, 0.717) is 0 Å². The minimum absolute atomic E-state index is 0.0350.